The van der Waals surface area contributed by atoms with Crippen LogP contribution in [0.15, 0.2) is 58.3 Å². The van der Waals surface area contributed by atoms with Gasteiger partial charge in [-0.1, -0.05) is 11.8 Å². The molecule has 0 fully saturated rings. The predicted molar refractivity (Wildman–Crippen MR) is 97.9 cm³/mol. The van der Waals surface area contributed by atoms with E-state index in [4.69, 9.17) is 0 Å². The van der Waals surface area contributed by atoms with Gasteiger partial charge in [0.25, 0.3) is 0 Å². The molecule has 3 aromatic rings. The molecule has 0 aliphatic heterocycles. The molecule has 6 heteroatoms. The molecule has 0 radical (unpaired) electrons. The Morgan fingerprint density at radius 2 is 1.08 bits per heavy atom. The van der Waals surface area contributed by atoms with Crippen LogP contribution in [0.3, 0.4) is 0 Å². The topological polar surface area (TPSA) is 51.6 Å². The molecule has 0 aliphatic rings. The Kier molecular flexibility index (Phi) is 5.32. The third-order valence-corrected chi connectivity index (χ3v) is 4.15. The monoisotopic (exact) mass is 438 g/mol. The maximum atomic E-state index is 4.13. The standard InChI is InChI=1S/C18H8Br2N4/c19-17-10-14(2-4-16-12-22-6-8-24-16)18(20)9-13(17)1-3-15-11-21-5-7-23-15/h5-12H. The van der Waals surface area contributed by atoms with Crippen molar-refractivity contribution in [3.05, 3.63) is 80.8 Å². The van der Waals surface area contributed by atoms with Crippen LogP contribution in [-0.2, 0) is 0 Å². The van der Waals surface area contributed by atoms with Gasteiger partial charge in [-0.25, -0.2) is 9.97 Å². The van der Waals surface area contributed by atoms with Crippen molar-refractivity contribution in [1.29, 1.82) is 0 Å². The van der Waals surface area contributed by atoms with Crippen molar-refractivity contribution in [2.24, 2.45) is 0 Å². The van der Waals surface area contributed by atoms with Gasteiger partial charge in [0.1, 0.15) is 11.4 Å². The highest BCUT2D eigenvalue weighted by atomic mass is 79.9. The molecule has 3 rings (SSSR count). The van der Waals surface area contributed by atoms with Crippen LogP contribution < -0.4 is 0 Å². The maximum Gasteiger partial charge on any atom is 0.131 e. The summed E-state index contributed by atoms with van der Waals surface area (Å²) in [6.07, 6.45) is 9.69. The van der Waals surface area contributed by atoms with Gasteiger partial charge >= 0.3 is 0 Å². The molecule has 0 bridgehead atoms. The van der Waals surface area contributed by atoms with E-state index in [2.05, 4.69) is 75.5 Å². The van der Waals surface area contributed by atoms with E-state index in [0.29, 0.717) is 11.4 Å². The second-order valence-electron chi connectivity index (χ2n) is 4.49. The highest BCUT2D eigenvalue weighted by Crippen LogP contribution is 2.25. The second-order valence-corrected chi connectivity index (χ2v) is 6.20. The predicted octanol–water partition coefficient (Wildman–Crippen LogP) is 3.59. The lowest BCUT2D eigenvalue weighted by molar-refractivity contribution is 1.17. The van der Waals surface area contributed by atoms with Gasteiger partial charge in [-0.2, -0.15) is 0 Å². The zero-order valence-electron chi connectivity index (χ0n) is 12.2. The molecular weight excluding hydrogens is 432 g/mol. The lowest BCUT2D eigenvalue weighted by atomic mass is 10.1. The SMILES string of the molecule is Brc1cc(C#Cc2cnccn2)c(Br)cc1C#Cc1cnccn1. The summed E-state index contributed by atoms with van der Waals surface area (Å²) in [5.74, 6) is 12.1. The molecule has 0 amide bonds. The van der Waals surface area contributed by atoms with Gasteiger partial charge in [-0.15, -0.1) is 0 Å². The zero-order valence-corrected chi connectivity index (χ0v) is 15.3. The summed E-state index contributed by atoms with van der Waals surface area (Å²) in [6.45, 7) is 0. The Labute approximate surface area is 156 Å². The minimum absolute atomic E-state index is 0.618. The zero-order chi connectivity index (χ0) is 16.8. The fraction of sp³-hybridized carbons (Fsp3) is 0. The van der Waals surface area contributed by atoms with Crippen LogP contribution in [0, 0.1) is 23.7 Å². The first-order chi connectivity index (χ1) is 11.7. The van der Waals surface area contributed by atoms with Gasteiger partial charge in [0.15, 0.2) is 0 Å². The van der Waals surface area contributed by atoms with Crippen LogP contribution in [0.25, 0.3) is 0 Å². The minimum Gasteiger partial charge on any atom is -0.260 e. The average molecular weight is 440 g/mol. The number of benzene rings is 1. The lowest BCUT2D eigenvalue weighted by Crippen LogP contribution is -1.87. The summed E-state index contributed by atoms with van der Waals surface area (Å²) in [5, 5.41) is 0. The van der Waals surface area contributed by atoms with Crippen LogP contribution in [-0.4, -0.2) is 19.9 Å². The van der Waals surface area contributed by atoms with E-state index >= 15 is 0 Å². The summed E-state index contributed by atoms with van der Waals surface area (Å²) in [7, 11) is 0. The first kappa shape index (κ1) is 16.3. The molecule has 0 aliphatic carbocycles. The Morgan fingerprint density at radius 1 is 0.625 bits per heavy atom. The van der Waals surface area contributed by atoms with Gasteiger partial charge in [0.05, 0.1) is 12.4 Å². The molecule has 4 nitrogen and oxygen atoms in total. The number of rotatable bonds is 0. The Hall–Kier alpha value is -2.54. The molecule has 1 aromatic carbocycles. The first-order valence-electron chi connectivity index (χ1n) is 6.77. The molecule has 0 saturated carbocycles. The van der Waals surface area contributed by atoms with E-state index < -0.39 is 0 Å². The minimum atomic E-state index is 0.618. The van der Waals surface area contributed by atoms with Crippen LogP contribution >= 0.6 is 31.9 Å². The normalized spacial score (nSPS) is 9.42. The number of nitrogens with zero attached hydrogens (tertiary/aromatic N) is 4. The second kappa shape index (κ2) is 7.83. The highest BCUT2D eigenvalue weighted by molar-refractivity contribution is 9.11. The van der Waals surface area contributed by atoms with Crippen molar-refractivity contribution in [3.8, 4) is 23.7 Å². The molecule has 114 valence electrons. The number of hydrogen-bond acceptors (Lipinski definition) is 4. The smallest absolute Gasteiger partial charge is 0.131 e. The Bertz CT molecular complexity index is 899. The summed E-state index contributed by atoms with van der Waals surface area (Å²) in [4.78, 5) is 16.2. The summed E-state index contributed by atoms with van der Waals surface area (Å²) >= 11 is 7.05. The molecule has 0 unspecified atom stereocenters. The van der Waals surface area contributed by atoms with Gasteiger partial charge in [0, 0.05) is 44.9 Å². The van der Waals surface area contributed by atoms with Crippen molar-refractivity contribution < 1.29 is 0 Å². The van der Waals surface area contributed by atoms with Crippen LogP contribution in [0.5, 0.6) is 0 Å². The average Bonchev–Trinajstić information content (AvgIpc) is 2.62. The Balaban J connectivity index is 1.90. The van der Waals surface area contributed by atoms with E-state index in [9.17, 15) is 0 Å². The van der Waals surface area contributed by atoms with E-state index in [0.717, 1.165) is 20.1 Å². The maximum absolute atomic E-state index is 4.13. The molecule has 24 heavy (non-hydrogen) atoms. The molecule has 0 N–H and O–H groups in total. The number of halogens is 2. The fourth-order valence-corrected chi connectivity index (χ4v) is 2.61. The fourth-order valence-electron chi connectivity index (χ4n) is 1.73. The van der Waals surface area contributed by atoms with Crippen molar-refractivity contribution in [2.45, 2.75) is 0 Å². The molecule has 2 aromatic heterocycles. The van der Waals surface area contributed by atoms with E-state index in [1.54, 1.807) is 37.2 Å². The third kappa shape index (κ3) is 4.26. The van der Waals surface area contributed by atoms with E-state index in [1.165, 1.54) is 0 Å². The van der Waals surface area contributed by atoms with Gasteiger partial charge < -0.3 is 0 Å². The van der Waals surface area contributed by atoms with Crippen LogP contribution in [0.2, 0.25) is 0 Å². The van der Waals surface area contributed by atoms with E-state index in [-0.39, 0.29) is 0 Å². The summed E-state index contributed by atoms with van der Waals surface area (Å²) in [6, 6.07) is 3.82. The number of aromatic nitrogens is 4. The molecule has 0 spiro atoms. The largest absolute Gasteiger partial charge is 0.260 e. The summed E-state index contributed by atoms with van der Waals surface area (Å²) in [5.41, 5.74) is 2.90. The molecular formula is C18H8Br2N4. The lowest BCUT2D eigenvalue weighted by Gasteiger charge is -2.01. The van der Waals surface area contributed by atoms with Gasteiger partial charge in [0.2, 0.25) is 0 Å². The van der Waals surface area contributed by atoms with Crippen molar-refractivity contribution in [2.75, 3.05) is 0 Å². The van der Waals surface area contributed by atoms with Gasteiger partial charge in [-0.3, -0.25) is 9.97 Å². The van der Waals surface area contributed by atoms with Crippen molar-refractivity contribution in [3.63, 3.8) is 0 Å². The van der Waals surface area contributed by atoms with Crippen molar-refractivity contribution in [1.82, 2.24) is 19.9 Å². The Morgan fingerprint density at radius 3 is 1.46 bits per heavy atom. The van der Waals surface area contributed by atoms with Gasteiger partial charge in [-0.05, 0) is 55.8 Å². The highest BCUT2D eigenvalue weighted by Gasteiger charge is 2.04. The van der Waals surface area contributed by atoms with Crippen LogP contribution in [0.4, 0.5) is 0 Å². The first-order valence-corrected chi connectivity index (χ1v) is 8.36. The van der Waals surface area contributed by atoms with Crippen LogP contribution in [0.1, 0.15) is 22.5 Å². The number of hydrogen-bond donors (Lipinski definition) is 0. The van der Waals surface area contributed by atoms with E-state index in [1.807, 2.05) is 12.1 Å². The third-order valence-electron chi connectivity index (χ3n) is 2.83. The molecule has 2 heterocycles. The quantitative estimate of drug-likeness (QED) is 0.502. The molecule has 0 saturated heterocycles. The summed E-state index contributed by atoms with van der Waals surface area (Å²) < 4.78 is 1.70. The van der Waals surface area contributed by atoms with Crippen molar-refractivity contribution >= 4 is 31.9 Å². The molecule has 0 atom stereocenters.